The van der Waals surface area contributed by atoms with Crippen LogP contribution in [0.5, 0.6) is 5.75 Å². The Balaban J connectivity index is 2.79. The second kappa shape index (κ2) is 5.22. The van der Waals surface area contributed by atoms with Gasteiger partial charge in [-0.05, 0) is 24.6 Å². The minimum Gasteiger partial charge on any atom is -0.422 e. The molecule has 0 atom stereocenters. The van der Waals surface area contributed by atoms with E-state index in [1.807, 2.05) is 0 Å². The summed E-state index contributed by atoms with van der Waals surface area (Å²) in [4.78, 5) is 21.2. The van der Waals surface area contributed by atoms with Gasteiger partial charge in [-0.1, -0.05) is 0 Å². The van der Waals surface area contributed by atoms with E-state index in [4.69, 9.17) is 4.42 Å². The van der Waals surface area contributed by atoms with Crippen LogP contribution in [0.25, 0.3) is 11.0 Å². The molecule has 0 unspecified atom stereocenters. The Morgan fingerprint density at radius 1 is 1.30 bits per heavy atom. The maximum atomic E-state index is 12.4. The van der Waals surface area contributed by atoms with Crippen LogP contribution in [0.4, 0.5) is 18.9 Å². The molecule has 0 fully saturated rings. The van der Waals surface area contributed by atoms with Crippen LogP contribution in [-0.2, 0) is 10.1 Å². The minimum atomic E-state index is -6.09. The molecular formula is C11H6F3NO7S. The van der Waals surface area contributed by atoms with Crippen LogP contribution < -0.4 is 9.81 Å². The highest BCUT2D eigenvalue weighted by Crippen LogP contribution is 2.39. The summed E-state index contributed by atoms with van der Waals surface area (Å²) in [7, 11) is -6.09. The summed E-state index contributed by atoms with van der Waals surface area (Å²) in [5, 5.41) is 10.8. The van der Waals surface area contributed by atoms with E-state index in [0.29, 0.717) is 6.07 Å². The summed E-state index contributed by atoms with van der Waals surface area (Å²) in [6.45, 7) is 1.27. The molecule has 0 N–H and O–H groups in total. The molecule has 1 aromatic carbocycles. The van der Waals surface area contributed by atoms with Crippen molar-refractivity contribution in [3.05, 3.63) is 44.3 Å². The summed E-state index contributed by atoms with van der Waals surface area (Å²) in [6.07, 6.45) is 0. The standard InChI is InChI=1S/C11H6F3NO7S/c1-5-4-8(16)21-6-2-3-7(10(9(5)6)15(17)18)22-23(19,20)11(12,13)14/h2-4H,1H3. The molecule has 0 spiro atoms. The molecule has 23 heavy (non-hydrogen) atoms. The molecule has 0 saturated heterocycles. The zero-order valence-corrected chi connectivity index (χ0v) is 11.9. The Bertz CT molecular complexity index is 962. The van der Waals surface area contributed by atoms with E-state index in [2.05, 4.69) is 4.18 Å². The highest BCUT2D eigenvalue weighted by Gasteiger charge is 2.49. The Morgan fingerprint density at radius 2 is 1.91 bits per heavy atom. The van der Waals surface area contributed by atoms with Crippen LogP contribution in [0.1, 0.15) is 5.56 Å². The van der Waals surface area contributed by atoms with Crippen LogP contribution in [0.15, 0.2) is 27.4 Å². The van der Waals surface area contributed by atoms with Crippen LogP contribution >= 0.6 is 0 Å². The first kappa shape index (κ1) is 16.7. The van der Waals surface area contributed by atoms with Gasteiger partial charge in [0.25, 0.3) is 0 Å². The van der Waals surface area contributed by atoms with Crippen LogP contribution in [0.2, 0.25) is 0 Å². The molecule has 0 saturated carbocycles. The van der Waals surface area contributed by atoms with E-state index in [-0.39, 0.29) is 16.5 Å². The SMILES string of the molecule is Cc1cc(=O)oc2ccc(OS(=O)(=O)C(F)(F)F)c([N+](=O)[O-])c12. The van der Waals surface area contributed by atoms with Gasteiger partial charge >= 0.3 is 26.9 Å². The minimum absolute atomic E-state index is 0.0119. The zero-order valence-electron chi connectivity index (χ0n) is 11.1. The Kier molecular flexibility index (Phi) is 3.80. The number of nitro benzene ring substituents is 1. The van der Waals surface area contributed by atoms with Gasteiger partial charge in [0, 0.05) is 6.07 Å². The van der Waals surface area contributed by atoms with Crippen molar-refractivity contribution in [3.8, 4) is 5.75 Å². The Hall–Kier alpha value is -2.63. The molecule has 124 valence electrons. The van der Waals surface area contributed by atoms with Gasteiger partial charge in [0.15, 0.2) is 0 Å². The first-order valence-corrected chi connectivity index (χ1v) is 7.07. The third-order valence-electron chi connectivity index (χ3n) is 2.71. The first-order valence-electron chi connectivity index (χ1n) is 5.66. The quantitative estimate of drug-likeness (QED) is 0.273. The molecule has 0 aliphatic heterocycles. The number of fused-ring (bicyclic) bond motifs is 1. The molecule has 2 aromatic rings. The van der Waals surface area contributed by atoms with Crippen molar-refractivity contribution in [2.45, 2.75) is 12.4 Å². The predicted molar refractivity (Wildman–Crippen MR) is 69.5 cm³/mol. The normalized spacial score (nSPS) is 12.3. The molecule has 1 aromatic heterocycles. The number of rotatable bonds is 3. The maximum absolute atomic E-state index is 12.4. The van der Waals surface area contributed by atoms with Crippen molar-refractivity contribution in [2.75, 3.05) is 0 Å². The van der Waals surface area contributed by atoms with Crippen molar-refractivity contribution < 1.29 is 35.1 Å². The fourth-order valence-corrected chi connectivity index (χ4v) is 2.29. The molecule has 8 nitrogen and oxygen atoms in total. The number of aryl methyl sites for hydroxylation is 1. The van der Waals surface area contributed by atoms with Gasteiger partial charge in [-0.15, -0.1) is 0 Å². The first-order chi connectivity index (χ1) is 10.4. The highest BCUT2D eigenvalue weighted by molar-refractivity contribution is 7.88. The lowest BCUT2D eigenvalue weighted by Gasteiger charge is -2.11. The average molecular weight is 353 g/mol. The lowest BCUT2D eigenvalue weighted by Crippen LogP contribution is -2.28. The van der Waals surface area contributed by atoms with Gasteiger partial charge < -0.3 is 8.60 Å². The maximum Gasteiger partial charge on any atom is 0.534 e. The molecule has 0 aliphatic carbocycles. The molecule has 0 amide bonds. The van der Waals surface area contributed by atoms with E-state index in [0.717, 1.165) is 12.1 Å². The monoisotopic (exact) mass is 353 g/mol. The zero-order chi connectivity index (χ0) is 17.6. The van der Waals surface area contributed by atoms with E-state index in [1.54, 1.807) is 0 Å². The number of nitrogens with zero attached hydrogens (tertiary/aromatic N) is 1. The number of hydrogen-bond donors (Lipinski definition) is 0. The molecular weight excluding hydrogens is 347 g/mol. The van der Waals surface area contributed by atoms with Gasteiger partial charge in [-0.2, -0.15) is 21.6 Å². The van der Waals surface area contributed by atoms with Crippen molar-refractivity contribution in [2.24, 2.45) is 0 Å². The van der Waals surface area contributed by atoms with Crippen LogP contribution in [0.3, 0.4) is 0 Å². The topological polar surface area (TPSA) is 117 Å². The number of alkyl halides is 3. The van der Waals surface area contributed by atoms with Crippen molar-refractivity contribution in [3.63, 3.8) is 0 Å². The second-order valence-corrected chi connectivity index (χ2v) is 5.81. The smallest absolute Gasteiger partial charge is 0.422 e. The summed E-state index contributed by atoms with van der Waals surface area (Å²) < 4.78 is 67.7. The predicted octanol–water partition coefficient (Wildman–Crippen LogP) is 2.24. The highest BCUT2D eigenvalue weighted by atomic mass is 32.2. The van der Waals surface area contributed by atoms with Crippen molar-refractivity contribution in [1.29, 1.82) is 0 Å². The number of hydrogen-bond acceptors (Lipinski definition) is 7. The van der Waals surface area contributed by atoms with Crippen molar-refractivity contribution in [1.82, 2.24) is 0 Å². The number of nitro groups is 1. The summed E-state index contributed by atoms with van der Waals surface area (Å²) in [5.41, 5.74) is -7.93. The van der Waals surface area contributed by atoms with E-state index in [1.165, 1.54) is 6.92 Å². The van der Waals surface area contributed by atoms with Crippen LogP contribution in [0, 0.1) is 17.0 Å². The number of benzene rings is 1. The van der Waals surface area contributed by atoms with Gasteiger partial charge in [-0.25, -0.2) is 4.79 Å². The van der Waals surface area contributed by atoms with Gasteiger partial charge in [0.2, 0.25) is 5.75 Å². The van der Waals surface area contributed by atoms with Crippen LogP contribution in [-0.4, -0.2) is 18.8 Å². The third-order valence-corrected chi connectivity index (χ3v) is 3.67. The lowest BCUT2D eigenvalue weighted by molar-refractivity contribution is -0.383. The summed E-state index contributed by atoms with van der Waals surface area (Å²) in [6, 6.07) is 2.38. The Labute approximate surface area is 125 Å². The fourth-order valence-electron chi connectivity index (χ4n) is 1.82. The number of halogens is 3. The van der Waals surface area contributed by atoms with E-state index < -0.39 is 37.6 Å². The van der Waals surface area contributed by atoms with Gasteiger partial charge in [0.1, 0.15) is 11.0 Å². The largest absolute Gasteiger partial charge is 0.534 e. The molecule has 2 rings (SSSR count). The van der Waals surface area contributed by atoms with E-state index >= 15 is 0 Å². The average Bonchev–Trinajstić information content (AvgIpc) is 2.36. The lowest BCUT2D eigenvalue weighted by atomic mass is 10.1. The molecule has 12 heteroatoms. The molecule has 1 heterocycles. The summed E-state index contributed by atoms with van der Waals surface area (Å²) in [5.74, 6) is -1.14. The second-order valence-electron chi connectivity index (χ2n) is 4.27. The molecule has 0 radical (unpaired) electrons. The Morgan fingerprint density at radius 3 is 2.43 bits per heavy atom. The fraction of sp³-hybridized carbons (Fsp3) is 0.182. The van der Waals surface area contributed by atoms with Gasteiger partial charge in [-0.3, -0.25) is 10.1 Å². The van der Waals surface area contributed by atoms with Gasteiger partial charge in [0.05, 0.1) is 4.92 Å². The van der Waals surface area contributed by atoms with Crippen molar-refractivity contribution >= 4 is 26.8 Å². The molecule has 0 aliphatic rings. The molecule has 0 bridgehead atoms. The summed E-state index contributed by atoms with van der Waals surface area (Å²) >= 11 is 0. The third kappa shape index (κ3) is 2.97. The van der Waals surface area contributed by atoms with E-state index in [9.17, 15) is 36.5 Å².